The second kappa shape index (κ2) is 6.30. The van der Waals surface area contributed by atoms with Gasteiger partial charge < -0.3 is 5.32 Å². The van der Waals surface area contributed by atoms with Gasteiger partial charge in [-0.2, -0.15) is 0 Å². The third kappa shape index (κ3) is 3.30. The van der Waals surface area contributed by atoms with Crippen molar-refractivity contribution in [3.63, 3.8) is 0 Å². The highest BCUT2D eigenvalue weighted by molar-refractivity contribution is 9.10. The Labute approximate surface area is 121 Å². The summed E-state index contributed by atoms with van der Waals surface area (Å²) < 4.78 is 1.09. The zero-order valence-electron chi connectivity index (χ0n) is 10.5. The van der Waals surface area contributed by atoms with Gasteiger partial charge in [0.15, 0.2) is 0 Å². The van der Waals surface area contributed by atoms with E-state index in [2.05, 4.69) is 64.8 Å². The highest BCUT2D eigenvalue weighted by Gasteiger charge is 2.06. The summed E-state index contributed by atoms with van der Waals surface area (Å²) in [4.78, 5) is 1.30. The van der Waals surface area contributed by atoms with E-state index in [0.717, 1.165) is 10.2 Å². The first-order chi connectivity index (χ1) is 8.70. The summed E-state index contributed by atoms with van der Waals surface area (Å²) in [6.45, 7) is 2.17. The van der Waals surface area contributed by atoms with Crippen LogP contribution in [0.1, 0.15) is 18.5 Å². The number of hydrogen-bond donors (Lipinski definition) is 1. The first-order valence-corrected chi connectivity index (χ1v) is 7.87. The van der Waals surface area contributed by atoms with Gasteiger partial charge in [-0.25, -0.2) is 0 Å². The lowest BCUT2D eigenvalue weighted by Gasteiger charge is -2.17. The number of halogens is 1. The van der Waals surface area contributed by atoms with E-state index in [0.29, 0.717) is 6.04 Å². The van der Waals surface area contributed by atoms with Gasteiger partial charge >= 0.3 is 0 Å². The van der Waals surface area contributed by atoms with Crippen LogP contribution in [0, 0.1) is 0 Å². The predicted molar refractivity (Wildman–Crippen MR) is 84.4 cm³/mol. The molecule has 0 saturated heterocycles. The monoisotopic (exact) mass is 321 g/mol. The molecule has 0 heterocycles. The Bertz CT molecular complexity index is 510. The lowest BCUT2D eigenvalue weighted by Crippen LogP contribution is -2.06. The second-order valence-corrected chi connectivity index (χ2v) is 5.85. The van der Waals surface area contributed by atoms with Crippen molar-refractivity contribution in [2.24, 2.45) is 0 Å². The van der Waals surface area contributed by atoms with Crippen LogP contribution in [0.4, 0.5) is 5.69 Å². The molecule has 1 nitrogen and oxygen atoms in total. The molecule has 2 aromatic carbocycles. The van der Waals surface area contributed by atoms with Crippen molar-refractivity contribution in [3.05, 3.63) is 58.6 Å². The van der Waals surface area contributed by atoms with Crippen molar-refractivity contribution in [2.75, 3.05) is 11.6 Å². The zero-order chi connectivity index (χ0) is 13.0. The molecule has 94 valence electrons. The molecule has 0 amide bonds. The van der Waals surface area contributed by atoms with Crippen LogP contribution in [0.25, 0.3) is 0 Å². The molecule has 1 unspecified atom stereocenters. The highest BCUT2D eigenvalue weighted by atomic mass is 79.9. The van der Waals surface area contributed by atoms with Gasteiger partial charge in [0.2, 0.25) is 0 Å². The van der Waals surface area contributed by atoms with Crippen LogP contribution in [-0.2, 0) is 0 Å². The van der Waals surface area contributed by atoms with E-state index < -0.39 is 0 Å². The van der Waals surface area contributed by atoms with Gasteiger partial charge in [0, 0.05) is 21.1 Å². The molecule has 0 radical (unpaired) electrons. The Balaban J connectivity index is 2.11. The van der Waals surface area contributed by atoms with Crippen LogP contribution in [0.3, 0.4) is 0 Å². The molecular formula is C15H16BrNS. The summed E-state index contributed by atoms with van der Waals surface area (Å²) in [5.74, 6) is 0. The Morgan fingerprint density at radius 2 is 1.72 bits per heavy atom. The average molecular weight is 322 g/mol. The fraction of sp³-hybridized carbons (Fsp3) is 0.200. The molecule has 0 aliphatic rings. The van der Waals surface area contributed by atoms with Crippen molar-refractivity contribution in [3.8, 4) is 0 Å². The first kappa shape index (κ1) is 13.5. The largest absolute Gasteiger partial charge is 0.378 e. The smallest absolute Gasteiger partial charge is 0.0489 e. The standard InChI is InChI=1S/C15H16BrNS/c1-11(12-7-9-13(18-2)10-8-12)17-15-6-4-3-5-14(15)16/h3-11,17H,1-2H3. The molecule has 1 N–H and O–H groups in total. The predicted octanol–water partition coefficient (Wildman–Crippen LogP) is 5.34. The summed E-state index contributed by atoms with van der Waals surface area (Å²) in [5, 5.41) is 3.51. The molecule has 0 saturated carbocycles. The van der Waals surface area contributed by atoms with Crippen LogP contribution in [0.2, 0.25) is 0 Å². The third-order valence-corrected chi connectivity index (χ3v) is 4.30. The number of anilines is 1. The summed E-state index contributed by atoms with van der Waals surface area (Å²) in [7, 11) is 0. The fourth-order valence-electron chi connectivity index (χ4n) is 1.79. The van der Waals surface area contributed by atoms with E-state index >= 15 is 0 Å². The number of nitrogens with one attached hydrogen (secondary N) is 1. The molecule has 1 atom stereocenters. The maximum absolute atomic E-state index is 3.55. The van der Waals surface area contributed by atoms with Gasteiger partial charge in [0.05, 0.1) is 0 Å². The van der Waals surface area contributed by atoms with Crippen LogP contribution >= 0.6 is 27.7 Å². The molecule has 2 rings (SSSR count). The van der Waals surface area contributed by atoms with Crippen LogP contribution in [0.15, 0.2) is 57.9 Å². The Kier molecular flexibility index (Phi) is 4.72. The van der Waals surface area contributed by atoms with E-state index in [1.807, 2.05) is 18.2 Å². The lowest BCUT2D eigenvalue weighted by atomic mass is 10.1. The van der Waals surface area contributed by atoms with Crippen LogP contribution in [0.5, 0.6) is 0 Å². The first-order valence-electron chi connectivity index (χ1n) is 5.85. The average Bonchev–Trinajstić information content (AvgIpc) is 2.41. The Hall–Kier alpha value is -0.930. The SMILES string of the molecule is CSc1ccc(C(C)Nc2ccccc2Br)cc1. The number of benzene rings is 2. The van der Waals surface area contributed by atoms with Crippen LogP contribution in [-0.4, -0.2) is 6.26 Å². The lowest BCUT2D eigenvalue weighted by molar-refractivity contribution is 0.881. The van der Waals surface area contributed by atoms with Gasteiger partial charge in [-0.1, -0.05) is 24.3 Å². The molecule has 0 aliphatic carbocycles. The van der Waals surface area contributed by atoms with Crippen molar-refractivity contribution in [1.29, 1.82) is 0 Å². The summed E-state index contributed by atoms with van der Waals surface area (Å²) in [6.07, 6.45) is 2.10. The highest BCUT2D eigenvalue weighted by Crippen LogP contribution is 2.27. The minimum absolute atomic E-state index is 0.291. The molecule has 3 heteroatoms. The Morgan fingerprint density at radius 3 is 2.33 bits per heavy atom. The molecular weight excluding hydrogens is 306 g/mol. The number of thioether (sulfide) groups is 1. The van der Waals surface area contributed by atoms with Crippen molar-refractivity contribution >= 4 is 33.4 Å². The molecule has 0 aromatic heterocycles. The van der Waals surface area contributed by atoms with Gasteiger partial charge in [-0.3, -0.25) is 0 Å². The topological polar surface area (TPSA) is 12.0 Å². The van der Waals surface area contributed by atoms with E-state index in [9.17, 15) is 0 Å². The maximum Gasteiger partial charge on any atom is 0.0489 e. The molecule has 0 fully saturated rings. The van der Waals surface area contributed by atoms with E-state index in [4.69, 9.17) is 0 Å². The number of para-hydroxylation sites is 1. The van der Waals surface area contributed by atoms with Gasteiger partial charge in [-0.15, -0.1) is 11.8 Å². The molecule has 0 bridgehead atoms. The van der Waals surface area contributed by atoms with Crippen molar-refractivity contribution < 1.29 is 0 Å². The third-order valence-electron chi connectivity index (χ3n) is 2.86. The van der Waals surface area contributed by atoms with Gasteiger partial charge in [-0.05, 0) is 58.9 Å². The second-order valence-electron chi connectivity index (χ2n) is 4.12. The quantitative estimate of drug-likeness (QED) is 0.762. The van der Waals surface area contributed by atoms with E-state index in [1.165, 1.54) is 10.5 Å². The minimum atomic E-state index is 0.291. The molecule has 2 aromatic rings. The minimum Gasteiger partial charge on any atom is -0.378 e. The summed E-state index contributed by atoms with van der Waals surface area (Å²) in [5.41, 5.74) is 2.42. The van der Waals surface area contributed by atoms with Gasteiger partial charge in [0.25, 0.3) is 0 Å². The fourth-order valence-corrected chi connectivity index (χ4v) is 2.59. The molecule has 18 heavy (non-hydrogen) atoms. The van der Waals surface area contributed by atoms with Gasteiger partial charge in [0.1, 0.15) is 0 Å². The summed E-state index contributed by atoms with van der Waals surface area (Å²) >= 11 is 5.32. The van der Waals surface area contributed by atoms with Crippen LogP contribution < -0.4 is 5.32 Å². The summed E-state index contributed by atoms with van der Waals surface area (Å²) in [6, 6.07) is 17.2. The normalized spacial score (nSPS) is 12.2. The molecule has 0 spiro atoms. The number of rotatable bonds is 4. The Morgan fingerprint density at radius 1 is 1.06 bits per heavy atom. The number of hydrogen-bond acceptors (Lipinski definition) is 2. The zero-order valence-corrected chi connectivity index (χ0v) is 12.9. The van der Waals surface area contributed by atoms with Crippen molar-refractivity contribution in [2.45, 2.75) is 17.9 Å². The molecule has 0 aliphatic heterocycles. The van der Waals surface area contributed by atoms with E-state index in [-0.39, 0.29) is 0 Å². The maximum atomic E-state index is 3.55. The van der Waals surface area contributed by atoms with E-state index in [1.54, 1.807) is 11.8 Å². The van der Waals surface area contributed by atoms with Crippen molar-refractivity contribution in [1.82, 2.24) is 0 Å².